The zero-order valence-electron chi connectivity index (χ0n) is 21.8. The Morgan fingerprint density at radius 2 is 1.58 bits per heavy atom. The van der Waals surface area contributed by atoms with Gasteiger partial charge < -0.3 is 9.88 Å². The first kappa shape index (κ1) is 27.4. The van der Waals surface area contributed by atoms with Crippen LogP contribution in [-0.2, 0) is 27.8 Å². The van der Waals surface area contributed by atoms with Gasteiger partial charge in [0.15, 0.2) is 0 Å². The lowest BCUT2D eigenvalue weighted by Crippen LogP contribution is -2.43. The van der Waals surface area contributed by atoms with Crippen molar-refractivity contribution in [2.75, 3.05) is 19.6 Å². The van der Waals surface area contributed by atoms with Crippen LogP contribution < -0.4 is 0 Å². The molecule has 0 aliphatic rings. The zero-order valence-corrected chi connectivity index (χ0v) is 22.6. The molecule has 38 heavy (non-hydrogen) atoms. The van der Waals surface area contributed by atoms with Crippen LogP contribution in [0.15, 0.2) is 96.5 Å². The normalized spacial score (nSPS) is 11.9. The summed E-state index contributed by atoms with van der Waals surface area (Å²) >= 11 is 0. The molecule has 0 saturated heterocycles. The third-order valence-corrected chi connectivity index (χ3v) is 8.07. The van der Waals surface area contributed by atoms with E-state index in [4.69, 9.17) is 0 Å². The number of amides is 1. The van der Waals surface area contributed by atoms with E-state index in [2.05, 4.69) is 11.1 Å². The summed E-state index contributed by atoms with van der Waals surface area (Å²) < 4.78 is 27.9. The summed E-state index contributed by atoms with van der Waals surface area (Å²) in [7, 11) is -3.78. The monoisotopic (exact) mass is 529 g/mol. The average Bonchev–Trinajstić information content (AvgIpc) is 3.36. The maximum atomic E-state index is 13.7. The first-order valence-corrected chi connectivity index (χ1v) is 14.6. The number of fused-ring (bicyclic) bond motifs is 1. The fraction of sp³-hybridized carbons (Fsp3) is 0.258. The van der Waals surface area contributed by atoms with Crippen molar-refractivity contribution in [1.29, 1.82) is 0 Å². The quantitative estimate of drug-likeness (QED) is 0.236. The molecule has 1 heterocycles. The summed E-state index contributed by atoms with van der Waals surface area (Å²) in [4.78, 5) is 18.7. The number of unbranched alkanes of at least 4 members (excludes halogenated alkanes) is 1. The molecule has 0 bridgehead atoms. The van der Waals surface area contributed by atoms with Crippen LogP contribution in [0.4, 0.5) is 0 Å². The second-order valence-corrected chi connectivity index (χ2v) is 11.2. The van der Waals surface area contributed by atoms with Gasteiger partial charge in [0, 0.05) is 42.1 Å². The van der Waals surface area contributed by atoms with Gasteiger partial charge in [-0.3, -0.25) is 4.79 Å². The molecule has 0 saturated carbocycles. The molecule has 0 aliphatic carbocycles. The predicted octanol–water partition coefficient (Wildman–Crippen LogP) is 5.84. The van der Waals surface area contributed by atoms with E-state index in [1.165, 1.54) is 9.71 Å². The number of sulfonamides is 1. The first-order valence-electron chi connectivity index (χ1n) is 13.1. The van der Waals surface area contributed by atoms with E-state index in [1.54, 1.807) is 11.0 Å². The summed E-state index contributed by atoms with van der Waals surface area (Å²) in [5, 5.41) is 2.34. The second kappa shape index (κ2) is 13.2. The van der Waals surface area contributed by atoms with Crippen LogP contribution in [0.5, 0.6) is 0 Å². The average molecular weight is 530 g/mol. The van der Waals surface area contributed by atoms with E-state index in [0.29, 0.717) is 32.5 Å². The predicted molar refractivity (Wildman–Crippen MR) is 155 cm³/mol. The van der Waals surface area contributed by atoms with E-state index < -0.39 is 10.0 Å². The van der Waals surface area contributed by atoms with Crippen molar-refractivity contribution >= 4 is 32.9 Å². The molecule has 4 aromatic rings. The molecule has 0 unspecified atom stereocenters. The van der Waals surface area contributed by atoms with Gasteiger partial charge in [0.2, 0.25) is 15.9 Å². The van der Waals surface area contributed by atoms with Gasteiger partial charge in [0.05, 0.1) is 6.54 Å². The van der Waals surface area contributed by atoms with Crippen LogP contribution in [0.25, 0.3) is 17.0 Å². The molecule has 1 N–H and O–H groups in total. The van der Waals surface area contributed by atoms with Crippen molar-refractivity contribution < 1.29 is 13.2 Å². The Hall–Kier alpha value is -3.68. The highest BCUT2D eigenvalue weighted by molar-refractivity contribution is 7.92. The molecule has 6 nitrogen and oxygen atoms in total. The largest absolute Gasteiger partial charge is 0.361 e. The van der Waals surface area contributed by atoms with E-state index in [1.807, 2.05) is 92.0 Å². The molecule has 0 fully saturated rings. The molecule has 0 spiro atoms. The Balaban J connectivity index is 1.53. The van der Waals surface area contributed by atoms with Gasteiger partial charge in [-0.15, -0.1) is 0 Å². The lowest BCUT2D eigenvalue weighted by Gasteiger charge is -2.27. The molecule has 198 valence electrons. The van der Waals surface area contributed by atoms with Crippen molar-refractivity contribution in [1.82, 2.24) is 14.2 Å². The maximum absolute atomic E-state index is 13.7. The molecule has 1 amide bonds. The number of aromatic nitrogens is 1. The van der Waals surface area contributed by atoms with Gasteiger partial charge >= 0.3 is 0 Å². The van der Waals surface area contributed by atoms with Gasteiger partial charge in [-0.25, -0.2) is 8.42 Å². The third-order valence-electron chi connectivity index (χ3n) is 6.56. The van der Waals surface area contributed by atoms with E-state index in [-0.39, 0.29) is 12.5 Å². The van der Waals surface area contributed by atoms with Crippen molar-refractivity contribution in [3.8, 4) is 0 Å². The highest BCUT2D eigenvalue weighted by atomic mass is 32.2. The summed E-state index contributed by atoms with van der Waals surface area (Å²) in [6.45, 7) is 3.02. The third kappa shape index (κ3) is 7.43. The van der Waals surface area contributed by atoms with E-state index in [0.717, 1.165) is 34.0 Å². The van der Waals surface area contributed by atoms with E-state index >= 15 is 0 Å². The van der Waals surface area contributed by atoms with Gasteiger partial charge in [0.25, 0.3) is 0 Å². The Labute approximate surface area is 225 Å². The number of benzene rings is 3. The Bertz CT molecular complexity index is 1450. The molecular formula is C31H35N3O3S. The lowest BCUT2D eigenvalue weighted by molar-refractivity contribution is -0.132. The molecule has 1 aromatic heterocycles. The second-order valence-electron chi connectivity index (χ2n) is 9.36. The Morgan fingerprint density at radius 1 is 0.895 bits per heavy atom. The number of carbonyl (C=O) groups is 1. The minimum Gasteiger partial charge on any atom is -0.361 e. The minimum absolute atomic E-state index is 0.192. The van der Waals surface area contributed by atoms with Gasteiger partial charge in [0.1, 0.15) is 0 Å². The Kier molecular flexibility index (Phi) is 9.51. The van der Waals surface area contributed by atoms with Crippen molar-refractivity contribution in [3.05, 3.63) is 113 Å². The fourth-order valence-corrected chi connectivity index (χ4v) is 5.56. The standard InChI is InChI=1S/C31H35N3O3S/c1-2-3-20-34(38(36,37)22-19-26-12-6-4-7-13-26)25-31(35)33(24-27-14-8-5-9-15-27)21-18-28-23-32-30-17-11-10-16-29(28)30/h4-17,19,22-23,32H,2-3,18,20-21,24-25H2,1H3. The first-order chi connectivity index (χ1) is 18.5. The van der Waals surface area contributed by atoms with Crippen LogP contribution in [0.2, 0.25) is 0 Å². The van der Waals surface area contributed by atoms with Crippen molar-refractivity contribution in [2.45, 2.75) is 32.7 Å². The van der Waals surface area contributed by atoms with Gasteiger partial charge in [-0.2, -0.15) is 4.31 Å². The number of H-pyrrole nitrogens is 1. The minimum atomic E-state index is -3.78. The van der Waals surface area contributed by atoms with Crippen molar-refractivity contribution in [3.63, 3.8) is 0 Å². The Morgan fingerprint density at radius 3 is 2.32 bits per heavy atom. The molecule has 0 atom stereocenters. The van der Waals surface area contributed by atoms with Gasteiger partial charge in [-0.05, 0) is 41.7 Å². The number of carbonyl (C=O) groups excluding carboxylic acids is 1. The SMILES string of the molecule is CCCCN(CC(=O)N(CCc1c[nH]c2ccccc12)Cc1ccccc1)S(=O)(=O)C=Cc1ccccc1. The topological polar surface area (TPSA) is 73.5 Å². The van der Waals surface area contributed by atoms with Crippen molar-refractivity contribution in [2.24, 2.45) is 0 Å². The van der Waals surface area contributed by atoms with Crippen LogP contribution in [0.3, 0.4) is 0 Å². The zero-order chi connectivity index (χ0) is 26.8. The number of hydrogen-bond acceptors (Lipinski definition) is 3. The van der Waals surface area contributed by atoms with E-state index in [9.17, 15) is 13.2 Å². The smallest absolute Gasteiger partial charge is 0.238 e. The van der Waals surface area contributed by atoms with Crippen LogP contribution in [0.1, 0.15) is 36.5 Å². The summed E-state index contributed by atoms with van der Waals surface area (Å²) in [5.74, 6) is -0.207. The summed E-state index contributed by atoms with van der Waals surface area (Å²) in [6, 6.07) is 27.2. The number of hydrogen-bond donors (Lipinski definition) is 1. The summed E-state index contributed by atoms with van der Waals surface area (Å²) in [5.41, 5.74) is 3.99. The van der Waals surface area contributed by atoms with Gasteiger partial charge in [-0.1, -0.05) is 92.2 Å². The molecular weight excluding hydrogens is 494 g/mol. The molecule has 0 radical (unpaired) electrons. The number of para-hydroxylation sites is 1. The number of rotatable bonds is 13. The highest BCUT2D eigenvalue weighted by Gasteiger charge is 2.25. The number of nitrogens with one attached hydrogen (secondary N) is 1. The van der Waals surface area contributed by atoms with Crippen LogP contribution >= 0.6 is 0 Å². The fourth-order valence-electron chi connectivity index (χ4n) is 4.39. The van der Waals surface area contributed by atoms with Crippen LogP contribution in [-0.4, -0.2) is 48.1 Å². The molecule has 7 heteroatoms. The summed E-state index contributed by atoms with van der Waals surface area (Å²) in [6.07, 6.45) is 5.74. The maximum Gasteiger partial charge on any atom is 0.238 e. The molecule has 4 rings (SSSR count). The highest BCUT2D eigenvalue weighted by Crippen LogP contribution is 2.19. The lowest BCUT2D eigenvalue weighted by atomic mass is 10.1. The molecule has 3 aromatic carbocycles. The number of aromatic amines is 1. The molecule has 0 aliphatic heterocycles. The van der Waals surface area contributed by atoms with Crippen LogP contribution in [0, 0.1) is 0 Å². The number of nitrogens with zero attached hydrogens (tertiary/aromatic N) is 2.